The van der Waals surface area contributed by atoms with Gasteiger partial charge in [-0.05, 0) is 12.8 Å². The molecule has 11 heavy (non-hydrogen) atoms. The predicted molar refractivity (Wildman–Crippen MR) is 49.6 cm³/mol. The minimum Gasteiger partial charge on any atom is -0.250 e. The minimum absolute atomic E-state index is 1.07. The molecule has 0 atom stereocenters. The van der Waals surface area contributed by atoms with E-state index in [-0.39, 0.29) is 0 Å². The second-order valence-electron chi connectivity index (χ2n) is 2.59. The van der Waals surface area contributed by atoms with Crippen LogP contribution in [-0.4, -0.2) is 4.98 Å². The van der Waals surface area contributed by atoms with Crippen molar-refractivity contribution in [3.63, 3.8) is 0 Å². The van der Waals surface area contributed by atoms with Crippen LogP contribution < -0.4 is 0 Å². The van der Waals surface area contributed by atoms with E-state index in [0.717, 1.165) is 12.8 Å². The van der Waals surface area contributed by atoms with Crippen molar-refractivity contribution in [2.24, 2.45) is 0 Å². The largest absolute Gasteiger partial charge is 0.250 e. The van der Waals surface area contributed by atoms with E-state index in [1.807, 2.05) is 11.6 Å². The Morgan fingerprint density at radius 1 is 1.36 bits per heavy atom. The van der Waals surface area contributed by atoms with E-state index >= 15 is 0 Å². The maximum Gasteiger partial charge on any atom is 0.0924 e. The van der Waals surface area contributed by atoms with E-state index in [9.17, 15) is 0 Å². The summed E-state index contributed by atoms with van der Waals surface area (Å²) in [7, 11) is 0. The van der Waals surface area contributed by atoms with E-state index in [1.54, 1.807) is 11.3 Å². The molecule has 61 valence electrons. The number of aryl methyl sites for hydroxylation is 1. The molecule has 0 aromatic carbocycles. The second-order valence-corrected chi connectivity index (χ2v) is 3.57. The average molecular weight is 168 g/mol. The molecule has 0 amide bonds. The van der Waals surface area contributed by atoms with Crippen molar-refractivity contribution in [3.05, 3.63) is 23.5 Å². The summed E-state index contributed by atoms with van der Waals surface area (Å²) in [4.78, 5) is 4.22. The fourth-order valence-electron chi connectivity index (χ4n) is 1.01. The van der Waals surface area contributed by atoms with Crippen LogP contribution in [0.2, 0.25) is 0 Å². The van der Waals surface area contributed by atoms with Gasteiger partial charge in [0.25, 0.3) is 0 Å². The summed E-state index contributed by atoms with van der Waals surface area (Å²) in [5, 5.41) is 3.31. The Kier molecular flexibility index (Phi) is 4.21. The van der Waals surface area contributed by atoms with E-state index in [1.165, 1.54) is 24.3 Å². The van der Waals surface area contributed by atoms with Gasteiger partial charge in [0, 0.05) is 11.6 Å². The number of unbranched alkanes of at least 4 members (excludes halogenated alkanes) is 3. The maximum absolute atomic E-state index is 4.22. The van der Waals surface area contributed by atoms with Crippen molar-refractivity contribution in [2.75, 3.05) is 0 Å². The lowest BCUT2D eigenvalue weighted by atomic mass is 10.2. The van der Waals surface area contributed by atoms with E-state index in [0.29, 0.717) is 0 Å². The first-order valence-electron chi connectivity index (χ1n) is 4.11. The zero-order chi connectivity index (χ0) is 7.94. The number of nitrogens with zero attached hydrogens (tertiary/aromatic N) is 1. The monoisotopic (exact) mass is 168 g/mol. The van der Waals surface area contributed by atoms with Gasteiger partial charge in [0.2, 0.25) is 0 Å². The average Bonchev–Trinajstić information content (AvgIpc) is 2.50. The molecule has 0 aliphatic carbocycles. The molecule has 0 saturated carbocycles. The van der Waals surface area contributed by atoms with Gasteiger partial charge >= 0.3 is 0 Å². The van der Waals surface area contributed by atoms with E-state index in [2.05, 4.69) is 11.9 Å². The van der Waals surface area contributed by atoms with E-state index < -0.39 is 0 Å². The first kappa shape index (κ1) is 8.72. The molecule has 1 nitrogen and oxygen atoms in total. The quantitative estimate of drug-likeness (QED) is 0.616. The van der Waals surface area contributed by atoms with Gasteiger partial charge in [-0.1, -0.05) is 26.2 Å². The number of rotatable bonds is 5. The summed E-state index contributed by atoms with van der Waals surface area (Å²) in [6, 6.07) is 0. The molecule has 1 heterocycles. The van der Waals surface area contributed by atoms with Gasteiger partial charge in [-0.2, -0.15) is 0 Å². The van der Waals surface area contributed by atoms with Gasteiger partial charge in [-0.25, -0.2) is 4.98 Å². The lowest BCUT2D eigenvalue weighted by Crippen LogP contribution is -1.83. The molecular weight excluding hydrogens is 154 g/mol. The molecule has 1 radical (unpaired) electrons. The fourth-order valence-corrected chi connectivity index (χ4v) is 1.67. The number of aromatic nitrogens is 1. The van der Waals surface area contributed by atoms with Gasteiger partial charge in [0.1, 0.15) is 0 Å². The highest BCUT2D eigenvalue weighted by atomic mass is 32.1. The molecule has 0 aliphatic rings. The first-order valence-corrected chi connectivity index (χ1v) is 4.99. The SMILES string of the molecule is [CH2]CCCCCc1nccs1. The molecule has 0 unspecified atom stereocenters. The zero-order valence-electron chi connectivity index (χ0n) is 6.75. The molecule has 0 N–H and O–H groups in total. The first-order chi connectivity index (χ1) is 5.43. The summed E-state index contributed by atoms with van der Waals surface area (Å²) >= 11 is 1.75. The maximum atomic E-state index is 4.22. The van der Waals surface area contributed by atoms with Gasteiger partial charge in [-0.15, -0.1) is 11.3 Å². The van der Waals surface area contributed by atoms with Crippen molar-refractivity contribution >= 4 is 11.3 Å². The van der Waals surface area contributed by atoms with E-state index in [4.69, 9.17) is 0 Å². The standard InChI is InChI=1S/C9H14NS/c1-2-3-4-5-6-9-10-7-8-11-9/h7-8H,1-6H2. The summed E-state index contributed by atoms with van der Waals surface area (Å²) < 4.78 is 0. The van der Waals surface area contributed by atoms with Crippen LogP contribution in [0.3, 0.4) is 0 Å². The summed E-state index contributed by atoms with van der Waals surface area (Å²) in [6.07, 6.45) is 7.91. The molecule has 2 heteroatoms. The zero-order valence-corrected chi connectivity index (χ0v) is 7.57. The van der Waals surface area contributed by atoms with Crippen molar-refractivity contribution in [1.29, 1.82) is 0 Å². The van der Waals surface area contributed by atoms with Crippen LogP contribution >= 0.6 is 11.3 Å². The van der Waals surface area contributed by atoms with Gasteiger partial charge < -0.3 is 0 Å². The van der Waals surface area contributed by atoms with Gasteiger partial charge in [0.15, 0.2) is 0 Å². The lowest BCUT2D eigenvalue weighted by Gasteiger charge is -1.94. The molecule has 0 aliphatic heterocycles. The topological polar surface area (TPSA) is 12.9 Å². The van der Waals surface area contributed by atoms with Crippen LogP contribution in [0.25, 0.3) is 0 Å². The normalized spacial score (nSPS) is 10.3. The van der Waals surface area contributed by atoms with Crippen LogP contribution in [0.15, 0.2) is 11.6 Å². The Hall–Kier alpha value is -0.370. The van der Waals surface area contributed by atoms with Crippen LogP contribution in [0.1, 0.15) is 30.7 Å². The predicted octanol–water partition coefficient (Wildman–Crippen LogP) is 3.08. The van der Waals surface area contributed by atoms with Crippen LogP contribution in [0.4, 0.5) is 0 Å². The third-order valence-corrected chi connectivity index (χ3v) is 2.46. The Bertz CT molecular complexity index is 170. The smallest absolute Gasteiger partial charge is 0.0924 e. The molecule has 0 fully saturated rings. The van der Waals surface area contributed by atoms with Gasteiger partial charge in [-0.3, -0.25) is 0 Å². The molecule has 0 bridgehead atoms. The third kappa shape index (κ3) is 3.51. The third-order valence-electron chi connectivity index (χ3n) is 1.62. The lowest BCUT2D eigenvalue weighted by molar-refractivity contribution is 0.684. The van der Waals surface area contributed by atoms with Gasteiger partial charge in [0.05, 0.1) is 5.01 Å². The fraction of sp³-hybridized carbons (Fsp3) is 0.556. The van der Waals surface area contributed by atoms with Crippen LogP contribution in [-0.2, 0) is 6.42 Å². The van der Waals surface area contributed by atoms with Crippen molar-refractivity contribution in [2.45, 2.75) is 32.1 Å². The van der Waals surface area contributed by atoms with Crippen molar-refractivity contribution in [1.82, 2.24) is 4.98 Å². The number of hydrogen-bond donors (Lipinski definition) is 0. The molecule has 1 aromatic rings. The highest BCUT2D eigenvalue weighted by molar-refractivity contribution is 7.09. The highest BCUT2D eigenvalue weighted by Crippen LogP contribution is 2.09. The van der Waals surface area contributed by atoms with Crippen molar-refractivity contribution in [3.8, 4) is 0 Å². The Balaban J connectivity index is 2.04. The molecule has 0 saturated heterocycles. The molecule has 0 spiro atoms. The summed E-state index contributed by atoms with van der Waals surface area (Å²) in [5.74, 6) is 0. The highest BCUT2D eigenvalue weighted by Gasteiger charge is 1.93. The summed E-state index contributed by atoms with van der Waals surface area (Å²) in [5.41, 5.74) is 0. The summed E-state index contributed by atoms with van der Waals surface area (Å²) in [6.45, 7) is 3.81. The Morgan fingerprint density at radius 2 is 2.27 bits per heavy atom. The molecule has 1 aromatic heterocycles. The second kappa shape index (κ2) is 5.30. The molecular formula is C9H14NS. The Labute approximate surface area is 72.5 Å². The van der Waals surface area contributed by atoms with Crippen LogP contribution in [0.5, 0.6) is 0 Å². The number of thiazole rings is 1. The molecule has 1 rings (SSSR count). The number of hydrogen-bond acceptors (Lipinski definition) is 2. The van der Waals surface area contributed by atoms with Crippen molar-refractivity contribution < 1.29 is 0 Å². The Morgan fingerprint density at radius 3 is 2.91 bits per heavy atom. The minimum atomic E-state index is 1.07. The van der Waals surface area contributed by atoms with Crippen LogP contribution in [0, 0.1) is 6.92 Å².